The van der Waals surface area contributed by atoms with E-state index in [0.717, 1.165) is 21.7 Å². The molecule has 1 aliphatic heterocycles. The van der Waals surface area contributed by atoms with Crippen molar-refractivity contribution in [2.45, 2.75) is 0 Å². The standard InChI is InChI=1S/C23H23N3O2S/c27-22(24-20-10-5-4-9-19(20)18-7-2-1-3-8-18)17-25-12-14-26(15-13-25)23(28)21-11-6-16-29-21/h1-11,16H,12-15,17H2,(H,24,27). The molecule has 0 spiro atoms. The molecule has 6 heteroatoms. The number of thiophene rings is 1. The fourth-order valence-corrected chi connectivity index (χ4v) is 4.21. The molecular formula is C23H23N3O2S. The van der Waals surface area contributed by atoms with Crippen LogP contribution in [0.3, 0.4) is 0 Å². The average molecular weight is 406 g/mol. The molecule has 29 heavy (non-hydrogen) atoms. The van der Waals surface area contributed by atoms with E-state index in [1.54, 1.807) is 0 Å². The lowest BCUT2D eigenvalue weighted by atomic mass is 10.0. The fourth-order valence-electron chi connectivity index (χ4n) is 3.52. The van der Waals surface area contributed by atoms with Gasteiger partial charge in [-0.25, -0.2) is 0 Å². The van der Waals surface area contributed by atoms with E-state index in [9.17, 15) is 9.59 Å². The van der Waals surface area contributed by atoms with Gasteiger partial charge in [0.05, 0.1) is 11.4 Å². The zero-order valence-corrected chi connectivity index (χ0v) is 16.9. The maximum atomic E-state index is 12.6. The molecular weight excluding hydrogens is 382 g/mol. The van der Waals surface area contributed by atoms with E-state index in [1.165, 1.54) is 11.3 Å². The molecule has 0 radical (unpaired) electrons. The quantitative estimate of drug-likeness (QED) is 0.702. The van der Waals surface area contributed by atoms with E-state index < -0.39 is 0 Å². The summed E-state index contributed by atoms with van der Waals surface area (Å²) >= 11 is 1.47. The van der Waals surface area contributed by atoms with Gasteiger partial charge in [0.15, 0.2) is 0 Å². The third-order valence-corrected chi connectivity index (χ3v) is 5.90. The molecule has 2 aromatic carbocycles. The Labute approximate surface area is 174 Å². The summed E-state index contributed by atoms with van der Waals surface area (Å²) in [5, 5.41) is 4.97. The number of para-hydroxylation sites is 1. The largest absolute Gasteiger partial charge is 0.335 e. The van der Waals surface area contributed by atoms with Crippen LogP contribution < -0.4 is 5.32 Å². The van der Waals surface area contributed by atoms with Crippen LogP contribution >= 0.6 is 11.3 Å². The molecule has 0 unspecified atom stereocenters. The molecule has 1 aromatic heterocycles. The fraction of sp³-hybridized carbons (Fsp3) is 0.217. The Balaban J connectivity index is 1.33. The number of nitrogens with one attached hydrogen (secondary N) is 1. The first kappa shape index (κ1) is 19.4. The molecule has 3 aromatic rings. The van der Waals surface area contributed by atoms with Crippen molar-refractivity contribution in [3.8, 4) is 11.1 Å². The summed E-state index contributed by atoms with van der Waals surface area (Å²) in [4.78, 5) is 29.8. The van der Waals surface area contributed by atoms with Gasteiger partial charge in [-0.05, 0) is 23.1 Å². The van der Waals surface area contributed by atoms with Crippen molar-refractivity contribution < 1.29 is 9.59 Å². The van der Waals surface area contributed by atoms with Crippen LogP contribution in [-0.2, 0) is 4.79 Å². The van der Waals surface area contributed by atoms with Crippen molar-refractivity contribution in [2.75, 3.05) is 38.0 Å². The van der Waals surface area contributed by atoms with Gasteiger partial charge in [0.1, 0.15) is 0 Å². The van der Waals surface area contributed by atoms with Crippen LogP contribution in [0.25, 0.3) is 11.1 Å². The van der Waals surface area contributed by atoms with Crippen molar-refractivity contribution in [3.05, 3.63) is 77.0 Å². The van der Waals surface area contributed by atoms with Crippen molar-refractivity contribution in [3.63, 3.8) is 0 Å². The first-order valence-electron chi connectivity index (χ1n) is 9.70. The molecule has 0 atom stereocenters. The number of nitrogens with zero attached hydrogens (tertiary/aromatic N) is 2. The number of amides is 2. The monoisotopic (exact) mass is 405 g/mol. The van der Waals surface area contributed by atoms with Gasteiger partial charge in [0, 0.05) is 37.4 Å². The van der Waals surface area contributed by atoms with E-state index in [-0.39, 0.29) is 11.8 Å². The number of piperazine rings is 1. The molecule has 2 heterocycles. The van der Waals surface area contributed by atoms with Gasteiger partial charge in [-0.15, -0.1) is 11.3 Å². The predicted octanol–water partition coefficient (Wildman–Crippen LogP) is 3.81. The third kappa shape index (κ3) is 4.72. The number of hydrogen-bond donors (Lipinski definition) is 1. The number of carbonyl (C=O) groups is 2. The molecule has 1 saturated heterocycles. The number of carbonyl (C=O) groups excluding carboxylic acids is 2. The third-order valence-electron chi connectivity index (χ3n) is 5.04. The molecule has 4 rings (SSSR count). The lowest BCUT2D eigenvalue weighted by Gasteiger charge is -2.34. The van der Waals surface area contributed by atoms with Crippen LogP contribution in [-0.4, -0.2) is 54.3 Å². The molecule has 1 aliphatic rings. The van der Waals surface area contributed by atoms with Crippen LogP contribution in [0.4, 0.5) is 5.69 Å². The maximum absolute atomic E-state index is 12.6. The lowest BCUT2D eigenvalue weighted by molar-refractivity contribution is -0.117. The Kier molecular flexibility index (Phi) is 6.03. The van der Waals surface area contributed by atoms with Crippen LogP contribution in [0.15, 0.2) is 72.1 Å². The summed E-state index contributed by atoms with van der Waals surface area (Å²) in [5.74, 6) is 0.0484. The molecule has 0 saturated carbocycles. The van der Waals surface area contributed by atoms with E-state index in [1.807, 2.05) is 77.0 Å². The Morgan fingerprint density at radius 3 is 2.31 bits per heavy atom. The van der Waals surface area contributed by atoms with Crippen molar-refractivity contribution in [1.29, 1.82) is 0 Å². The van der Waals surface area contributed by atoms with Gasteiger partial charge < -0.3 is 10.2 Å². The van der Waals surface area contributed by atoms with Gasteiger partial charge in [0.2, 0.25) is 5.91 Å². The summed E-state index contributed by atoms with van der Waals surface area (Å²) < 4.78 is 0. The molecule has 0 aliphatic carbocycles. The Hall–Kier alpha value is -2.96. The molecule has 0 bridgehead atoms. The highest BCUT2D eigenvalue weighted by Gasteiger charge is 2.24. The van der Waals surface area contributed by atoms with Crippen LogP contribution in [0.5, 0.6) is 0 Å². The Morgan fingerprint density at radius 1 is 0.862 bits per heavy atom. The highest BCUT2D eigenvalue weighted by atomic mass is 32.1. The second-order valence-electron chi connectivity index (χ2n) is 7.01. The normalized spacial score (nSPS) is 14.6. The summed E-state index contributed by atoms with van der Waals surface area (Å²) in [6.07, 6.45) is 0. The number of rotatable bonds is 5. The second-order valence-corrected chi connectivity index (χ2v) is 7.95. The molecule has 148 valence electrons. The molecule has 2 amide bonds. The van der Waals surface area contributed by atoms with E-state index >= 15 is 0 Å². The topological polar surface area (TPSA) is 52.7 Å². The smallest absolute Gasteiger partial charge is 0.264 e. The molecule has 5 nitrogen and oxygen atoms in total. The van der Waals surface area contributed by atoms with Gasteiger partial charge >= 0.3 is 0 Å². The van der Waals surface area contributed by atoms with Gasteiger partial charge in [-0.1, -0.05) is 54.6 Å². The Bertz CT molecular complexity index is 965. The number of anilines is 1. The maximum Gasteiger partial charge on any atom is 0.264 e. The molecule has 1 fully saturated rings. The van der Waals surface area contributed by atoms with Gasteiger partial charge in [0.25, 0.3) is 5.91 Å². The second kappa shape index (κ2) is 9.03. The zero-order chi connectivity index (χ0) is 20.1. The highest BCUT2D eigenvalue weighted by molar-refractivity contribution is 7.12. The minimum absolute atomic E-state index is 0.0357. The Morgan fingerprint density at radius 2 is 1.59 bits per heavy atom. The van der Waals surface area contributed by atoms with E-state index in [2.05, 4.69) is 10.2 Å². The predicted molar refractivity (Wildman–Crippen MR) is 117 cm³/mol. The lowest BCUT2D eigenvalue weighted by Crippen LogP contribution is -2.50. The van der Waals surface area contributed by atoms with Crippen LogP contribution in [0.1, 0.15) is 9.67 Å². The summed E-state index contributed by atoms with van der Waals surface area (Å²) in [5.41, 5.74) is 2.90. The minimum atomic E-state index is -0.0357. The van der Waals surface area contributed by atoms with Crippen LogP contribution in [0, 0.1) is 0 Å². The molecule has 1 N–H and O–H groups in total. The van der Waals surface area contributed by atoms with Crippen molar-refractivity contribution in [2.24, 2.45) is 0 Å². The highest BCUT2D eigenvalue weighted by Crippen LogP contribution is 2.27. The zero-order valence-electron chi connectivity index (χ0n) is 16.1. The van der Waals surface area contributed by atoms with E-state index in [4.69, 9.17) is 0 Å². The average Bonchev–Trinajstić information content (AvgIpc) is 3.30. The summed E-state index contributed by atoms with van der Waals surface area (Å²) in [6.45, 7) is 3.01. The SMILES string of the molecule is O=C(CN1CCN(C(=O)c2cccs2)CC1)Nc1ccccc1-c1ccccc1. The number of hydrogen-bond acceptors (Lipinski definition) is 4. The van der Waals surface area contributed by atoms with Crippen LogP contribution in [0.2, 0.25) is 0 Å². The number of benzene rings is 2. The van der Waals surface area contributed by atoms with E-state index in [0.29, 0.717) is 32.7 Å². The van der Waals surface area contributed by atoms with Gasteiger partial charge in [-0.2, -0.15) is 0 Å². The van der Waals surface area contributed by atoms with Crippen molar-refractivity contribution in [1.82, 2.24) is 9.80 Å². The van der Waals surface area contributed by atoms with Gasteiger partial charge in [-0.3, -0.25) is 14.5 Å². The van der Waals surface area contributed by atoms with Crippen molar-refractivity contribution >= 4 is 28.8 Å². The minimum Gasteiger partial charge on any atom is -0.335 e. The summed E-state index contributed by atoms with van der Waals surface area (Å²) in [6, 6.07) is 21.6. The summed E-state index contributed by atoms with van der Waals surface area (Å²) in [7, 11) is 0. The first-order chi connectivity index (χ1) is 14.2. The first-order valence-corrected chi connectivity index (χ1v) is 10.6.